The van der Waals surface area contributed by atoms with E-state index < -0.39 is 26.4 Å². The summed E-state index contributed by atoms with van der Waals surface area (Å²) in [7, 11) is -4.03. The van der Waals surface area contributed by atoms with Crippen molar-refractivity contribution in [2.45, 2.75) is 36.6 Å². The monoisotopic (exact) mass is 339 g/mol. The zero-order valence-electron chi connectivity index (χ0n) is 12.6. The third-order valence-corrected chi connectivity index (χ3v) is 6.89. The molecule has 2 fully saturated rings. The molecule has 2 N–H and O–H groups in total. The fraction of sp³-hybridized carbons (Fsp3) is 0.500. The average Bonchev–Trinajstić information content (AvgIpc) is 3.22. The summed E-state index contributed by atoms with van der Waals surface area (Å²) in [5, 5.41) is 10.9. The van der Waals surface area contributed by atoms with Crippen LogP contribution in [0.25, 0.3) is 0 Å². The van der Waals surface area contributed by atoms with Crippen LogP contribution in [0.2, 0.25) is 0 Å². The molecule has 0 unspecified atom stereocenters. The first-order valence-electron chi connectivity index (χ1n) is 7.29. The molecule has 1 heterocycles. The predicted molar refractivity (Wildman–Crippen MR) is 81.0 cm³/mol. The number of fused-ring (bicyclic) bond motifs is 1. The molecule has 1 saturated heterocycles. The van der Waals surface area contributed by atoms with Crippen LogP contribution in [-0.2, 0) is 14.8 Å². The van der Waals surface area contributed by atoms with Gasteiger partial charge in [0, 0.05) is 18.7 Å². The molecular formula is C14H17N3O5S. The number of hydrogen-bond acceptors (Lipinski definition) is 5. The second-order valence-corrected chi connectivity index (χ2v) is 7.95. The summed E-state index contributed by atoms with van der Waals surface area (Å²) in [4.78, 5) is 22.0. The van der Waals surface area contributed by atoms with E-state index in [1.165, 1.54) is 12.1 Å². The topological polar surface area (TPSA) is 124 Å². The van der Waals surface area contributed by atoms with Crippen LogP contribution in [0.3, 0.4) is 0 Å². The van der Waals surface area contributed by atoms with E-state index in [0.717, 1.165) is 16.8 Å². The van der Waals surface area contributed by atoms with E-state index in [1.807, 2.05) is 0 Å². The summed E-state index contributed by atoms with van der Waals surface area (Å²) in [6, 6.07) is 3.70. The summed E-state index contributed by atoms with van der Waals surface area (Å²) >= 11 is 0. The van der Waals surface area contributed by atoms with Crippen LogP contribution >= 0.6 is 0 Å². The van der Waals surface area contributed by atoms with Gasteiger partial charge in [-0.15, -0.1) is 0 Å². The highest BCUT2D eigenvalue weighted by molar-refractivity contribution is 7.89. The zero-order chi connectivity index (χ0) is 17.0. The normalized spacial score (nSPS) is 27.3. The lowest BCUT2D eigenvalue weighted by Gasteiger charge is -2.33. The minimum Gasteiger partial charge on any atom is -0.368 e. The molecule has 1 aromatic carbocycles. The van der Waals surface area contributed by atoms with Gasteiger partial charge in [-0.1, -0.05) is 6.07 Å². The lowest BCUT2D eigenvalue weighted by atomic mass is 10.0. The Morgan fingerprint density at radius 2 is 2.17 bits per heavy atom. The molecule has 23 heavy (non-hydrogen) atoms. The molecule has 2 atom stereocenters. The molecule has 9 heteroatoms. The van der Waals surface area contributed by atoms with Crippen LogP contribution in [0, 0.1) is 23.0 Å². The predicted octanol–water partition coefficient (Wildman–Crippen LogP) is 0.932. The molecule has 8 nitrogen and oxygen atoms in total. The van der Waals surface area contributed by atoms with Crippen LogP contribution in [0.15, 0.2) is 23.1 Å². The van der Waals surface area contributed by atoms with Crippen molar-refractivity contribution in [3.05, 3.63) is 33.9 Å². The van der Waals surface area contributed by atoms with Gasteiger partial charge in [0.1, 0.15) is 5.54 Å². The summed E-state index contributed by atoms with van der Waals surface area (Å²) in [5.41, 5.74) is 4.41. The number of piperidine rings is 1. The van der Waals surface area contributed by atoms with Crippen LogP contribution in [0.5, 0.6) is 0 Å². The Morgan fingerprint density at radius 3 is 2.78 bits per heavy atom. The number of nitro benzene ring substituents is 1. The van der Waals surface area contributed by atoms with Gasteiger partial charge < -0.3 is 5.73 Å². The van der Waals surface area contributed by atoms with E-state index in [0.29, 0.717) is 18.4 Å². The number of benzene rings is 1. The molecule has 1 aliphatic heterocycles. The Kier molecular flexibility index (Phi) is 3.45. The number of nitrogens with two attached hydrogens (primary N) is 1. The van der Waals surface area contributed by atoms with Gasteiger partial charge in [-0.05, 0) is 37.7 Å². The molecule has 1 aliphatic carbocycles. The Morgan fingerprint density at radius 1 is 1.48 bits per heavy atom. The van der Waals surface area contributed by atoms with E-state index in [9.17, 15) is 23.3 Å². The van der Waals surface area contributed by atoms with Gasteiger partial charge >= 0.3 is 0 Å². The number of nitrogens with zero attached hydrogens (tertiary/aromatic N) is 2. The third kappa shape index (κ3) is 2.22. The van der Waals surface area contributed by atoms with Crippen molar-refractivity contribution in [1.29, 1.82) is 0 Å². The molecule has 0 aromatic heterocycles. The Labute approximate surface area is 133 Å². The summed E-state index contributed by atoms with van der Waals surface area (Å²) in [6.07, 6.45) is 1.84. The number of hydrogen-bond donors (Lipinski definition) is 1. The number of primary amides is 1. The lowest BCUT2D eigenvalue weighted by Crippen LogP contribution is -2.53. The summed E-state index contributed by atoms with van der Waals surface area (Å²) < 4.78 is 27.2. The Balaban J connectivity index is 2.10. The molecule has 0 radical (unpaired) electrons. The quantitative estimate of drug-likeness (QED) is 0.645. The highest BCUT2D eigenvalue weighted by atomic mass is 32.2. The number of rotatable bonds is 4. The van der Waals surface area contributed by atoms with Gasteiger partial charge in [-0.2, -0.15) is 4.31 Å². The van der Waals surface area contributed by atoms with Crippen LogP contribution in [-0.4, -0.2) is 35.6 Å². The average molecular weight is 339 g/mol. The first kappa shape index (κ1) is 15.9. The first-order valence-corrected chi connectivity index (χ1v) is 8.73. The van der Waals surface area contributed by atoms with Gasteiger partial charge in [-0.25, -0.2) is 8.42 Å². The van der Waals surface area contributed by atoms with E-state index in [-0.39, 0.29) is 23.0 Å². The SMILES string of the molecule is Cc1ccc([N+](=O)[O-])cc1S(=O)(=O)N1CCC[C@@H]2C[C@@]21C(N)=O. The lowest BCUT2D eigenvalue weighted by molar-refractivity contribution is -0.385. The van der Waals surface area contributed by atoms with Crippen molar-refractivity contribution in [3.63, 3.8) is 0 Å². The van der Waals surface area contributed by atoms with E-state index in [2.05, 4.69) is 0 Å². The van der Waals surface area contributed by atoms with E-state index >= 15 is 0 Å². The summed E-state index contributed by atoms with van der Waals surface area (Å²) in [5.74, 6) is -0.698. The second-order valence-electron chi connectivity index (χ2n) is 6.12. The van der Waals surface area contributed by atoms with Crippen LogP contribution < -0.4 is 5.73 Å². The van der Waals surface area contributed by atoms with Gasteiger partial charge in [0.05, 0.1) is 9.82 Å². The zero-order valence-corrected chi connectivity index (χ0v) is 13.4. The Bertz CT molecular complexity index is 807. The molecule has 124 valence electrons. The maximum atomic E-state index is 13.0. The van der Waals surface area contributed by atoms with Crippen molar-refractivity contribution < 1.29 is 18.1 Å². The van der Waals surface area contributed by atoms with Crippen molar-refractivity contribution in [1.82, 2.24) is 4.31 Å². The van der Waals surface area contributed by atoms with Crippen LogP contribution in [0.4, 0.5) is 5.69 Å². The van der Waals surface area contributed by atoms with Crippen molar-refractivity contribution >= 4 is 21.6 Å². The van der Waals surface area contributed by atoms with Crippen molar-refractivity contribution in [3.8, 4) is 0 Å². The maximum absolute atomic E-state index is 13.0. The smallest absolute Gasteiger partial charge is 0.270 e. The van der Waals surface area contributed by atoms with Gasteiger partial charge in [-0.3, -0.25) is 14.9 Å². The largest absolute Gasteiger partial charge is 0.368 e. The molecule has 1 aromatic rings. The fourth-order valence-electron chi connectivity index (χ4n) is 3.50. The minimum absolute atomic E-state index is 0.0532. The highest BCUT2D eigenvalue weighted by Crippen LogP contribution is 2.55. The summed E-state index contributed by atoms with van der Waals surface area (Å²) in [6.45, 7) is 1.77. The molecule has 0 bridgehead atoms. The fourth-order valence-corrected chi connectivity index (χ4v) is 5.60. The number of amides is 1. The number of aryl methyl sites for hydroxylation is 1. The highest BCUT2D eigenvalue weighted by Gasteiger charge is 2.67. The molecular weight excluding hydrogens is 322 g/mol. The van der Waals surface area contributed by atoms with E-state index in [1.54, 1.807) is 6.92 Å². The van der Waals surface area contributed by atoms with Gasteiger partial charge in [0.2, 0.25) is 15.9 Å². The standard InChI is InChI=1S/C14H17N3O5S/c1-9-4-5-11(17(19)20)7-12(9)23(21,22)16-6-2-3-10-8-14(10,16)13(15)18/h4-5,7,10H,2-3,6,8H2,1H3,(H2,15,18)/t10-,14+/m1/s1. The van der Waals surface area contributed by atoms with E-state index in [4.69, 9.17) is 5.73 Å². The molecule has 1 saturated carbocycles. The van der Waals surface area contributed by atoms with Crippen molar-refractivity contribution in [2.24, 2.45) is 11.7 Å². The number of sulfonamides is 1. The Hall–Kier alpha value is -2.00. The number of carbonyl (C=O) groups is 1. The third-order valence-electron chi connectivity index (χ3n) is 4.81. The number of nitro groups is 1. The van der Waals surface area contributed by atoms with Gasteiger partial charge in [0.25, 0.3) is 5.69 Å². The first-order chi connectivity index (χ1) is 10.7. The maximum Gasteiger partial charge on any atom is 0.270 e. The molecule has 0 spiro atoms. The number of non-ortho nitro benzene ring substituents is 1. The van der Waals surface area contributed by atoms with Crippen LogP contribution in [0.1, 0.15) is 24.8 Å². The molecule has 3 rings (SSSR count). The second kappa shape index (κ2) is 5.00. The number of carbonyl (C=O) groups excluding carboxylic acids is 1. The van der Waals surface area contributed by atoms with Crippen molar-refractivity contribution in [2.75, 3.05) is 6.54 Å². The minimum atomic E-state index is -4.03. The molecule has 1 amide bonds. The van der Waals surface area contributed by atoms with Gasteiger partial charge in [0.15, 0.2) is 0 Å². The molecule has 2 aliphatic rings.